The van der Waals surface area contributed by atoms with E-state index in [9.17, 15) is 9.59 Å². The van der Waals surface area contributed by atoms with Crippen molar-refractivity contribution >= 4 is 12.0 Å². The van der Waals surface area contributed by atoms with E-state index in [1.165, 1.54) is 6.07 Å². The lowest BCUT2D eigenvalue weighted by atomic mass is 10.0. The molecule has 1 aliphatic heterocycles. The zero-order chi connectivity index (χ0) is 10.8. The number of rotatable bonds is 2. The number of benzene rings is 1. The van der Waals surface area contributed by atoms with Crippen LogP contribution >= 0.6 is 0 Å². The van der Waals surface area contributed by atoms with Crippen LogP contribution in [0.15, 0.2) is 24.3 Å². The van der Waals surface area contributed by atoms with E-state index in [-0.39, 0.29) is 17.6 Å². The molecule has 0 aliphatic carbocycles. The van der Waals surface area contributed by atoms with E-state index in [0.717, 1.165) is 0 Å². The Balaban J connectivity index is 2.35. The maximum atomic E-state index is 10.9. The van der Waals surface area contributed by atoms with E-state index < -0.39 is 5.97 Å². The van der Waals surface area contributed by atoms with Crippen LogP contribution < -0.4 is 10.6 Å². The Kier molecular flexibility index (Phi) is 2.29. The number of carbonyl (C=O) groups is 2. The molecule has 1 fully saturated rings. The number of aromatic carboxylic acids is 1. The van der Waals surface area contributed by atoms with Crippen molar-refractivity contribution in [3.63, 3.8) is 0 Å². The second-order valence-corrected chi connectivity index (χ2v) is 3.30. The summed E-state index contributed by atoms with van der Waals surface area (Å²) in [5, 5.41) is 14.2. The van der Waals surface area contributed by atoms with Gasteiger partial charge in [0.15, 0.2) is 0 Å². The van der Waals surface area contributed by atoms with Crippen LogP contribution in [0.3, 0.4) is 0 Å². The summed E-state index contributed by atoms with van der Waals surface area (Å²) in [6, 6.07) is 6.14. The van der Waals surface area contributed by atoms with Crippen molar-refractivity contribution in [1.82, 2.24) is 10.6 Å². The molecule has 0 unspecified atom stereocenters. The average Bonchev–Trinajstić information content (AvgIpc) is 2.65. The minimum absolute atomic E-state index is 0.228. The van der Waals surface area contributed by atoms with E-state index >= 15 is 0 Å². The zero-order valence-electron chi connectivity index (χ0n) is 7.86. The summed E-state index contributed by atoms with van der Waals surface area (Å²) in [6.45, 7) is 0.420. The number of carbonyl (C=O) groups excluding carboxylic acids is 1. The molecule has 2 rings (SSSR count). The first-order valence-corrected chi connectivity index (χ1v) is 4.55. The Morgan fingerprint density at radius 3 is 2.73 bits per heavy atom. The maximum absolute atomic E-state index is 10.9. The molecular weight excluding hydrogens is 196 g/mol. The van der Waals surface area contributed by atoms with Gasteiger partial charge < -0.3 is 15.7 Å². The molecule has 1 aliphatic rings. The largest absolute Gasteiger partial charge is 0.478 e. The van der Waals surface area contributed by atoms with Gasteiger partial charge in [-0.15, -0.1) is 0 Å². The van der Waals surface area contributed by atoms with Crippen LogP contribution in [-0.4, -0.2) is 23.7 Å². The van der Waals surface area contributed by atoms with Crippen LogP contribution in [0.1, 0.15) is 22.0 Å². The molecule has 5 heteroatoms. The number of carboxylic acids is 1. The first-order chi connectivity index (χ1) is 7.18. The van der Waals surface area contributed by atoms with Crippen molar-refractivity contribution in [2.45, 2.75) is 6.04 Å². The van der Waals surface area contributed by atoms with Crippen LogP contribution in [-0.2, 0) is 0 Å². The van der Waals surface area contributed by atoms with Crippen LogP contribution in [0.4, 0.5) is 4.79 Å². The van der Waals surface area contributed by atoms with Crippen molar-refractivity contribution in [3.05, 3.63) is 35.4 Å². The average molecular weight is 206 g/mol. The molecule has 2 amide bonds. The highest BCUT2D eigenvalue weighted by Crippen LogP contribution is 2.19. The Hall–Kier alpha value is -2.04. The second-order valence-electron chi connectivity index (χ2n) is 3.30. The molecular formula is C10H10N2O3. The third-order valence-electron chi connectivity index (χ3n) is 2.34. The van der Waals surface area contributed by atoms with E-state index in [0.29, 0.717) is 12.1 Å². The number of hydrogen-bond acceptors (Lipinski definition) is 2. The van der Waals surface area contributed by atoms with Gasteiger partial charge in [0.2, 0.25) is 0 Å². The van der Waals surface area contributed by atoms with Gasteiger partial charge in [0.1, 0.15) is 0 Å². The minimum Gasteiger partial charge on any atom is -0.478 e. The highest BCUT2D eigenvalue weighted by molar-refractivity contribution is 5.90. The van der Waals surface area contributed by atoms with E-state index in [2.05, 4.69) is 10.6 Å². The van der Waals surface area contributed by atoms with Gasteiger partial charge >= 0.3 is 12.0 Å². The van der Waals surface area contributed by atoms with Gasteiger partial charge in [-0.05, 0) is 11.6 Å². The molecule has 3 N–H and O–H groups in total. The standard InChI is InChI=1S/C10H10N2O3/c13-9(14)7-4-2-1-3-6(7)8-5-11-10(15)12-8/h1-4,8H,5H2,(H,13,14)(H2,11,12,15)/t8-/m1/s1. The van der Waals surface area contributed by atoms with Crippen molar-refractivity contribution in [2.24, 2.45) is 0 Å². The molecule has 0 aromatic heterocycles. The quantitative estimate of drug-likeness (QED) is 0.667. The van der Waals surface area contributed by atoms with Crippen molar-refractivity contribution in [3.8, 4) is 0 Å². The smallest absolute Gasteiger partial charge is 0.336 e. The molecule has 0 saturated carbocycles. The van der Waals surface area contributed by atoms with Crippen LogP contribution in [0.25, 0.3) is 0 Å². The molecule has 0 spiro atoms. The normalized spacial score (nSPS) is 19.5. The monoisotopic (exact) mass is 206 g/mol. The number of amides is 2. The molecule has 78 valence electrons. The topological polar surface area (TPSA) is 78.4 Å². The Bertz CT molecular complexity index is 417. The van der Waals surface area contributed by atoms with Gasteiger partial charge in [-0.2, -0.15) is 0 Å². The summed E-state index contributed by atoms with van der Waals surface area (Å²) >= 11 is 0. The van der Waals surface area contributed by atoms with Crippen LogP contribution in [0.5, 0.6) is 0 Å². The van der Waals surface area contributed by atoms with E-state index in [1.807, 2.05) is 0 Å². The minimum atomic E-state index is -0.980. The van der Waals surface area contributed by atoms with Crippen LogP contribution in [0.2, 0.25) is 0 Å². The number of nitrogens with one attached hydrogen (secondary N) is 2. The fourth-order valence-electron chi connectivity index (χ4n) is 1.64. The van der Waals surface area contributed by atoms with Gasteiger partial charge in [0, 0.05) is 6.54 Å². The fraction of sp³-hybridized carbons (Fsp3) is 0.200. The number of carboxylic acid groups (broad SMARTS) is 1. The molecule has 15 heavy (non-hydrogen) atoms. The lowest BCUT2D eigenvalue weighted by Gasteiger charge is -2.11. The summed E-state index contributed by atoms with van der Waals surface area (Å²) in [4.78, 5) is 21.9. The first-order valence-electron chi connectivity index (χ1n) is 4.55. The molecule has 1 heterocycles. The van der Waals surface area contributed by atoms with Crippen molar-refractivity contribution in [1.29, 1.82) is 0 Å². The Labute approximate surface area is 86.1 Å². The van der Waals surface area contributed by atoms with Gasteiger partial charge in [0.25, 0.3) is 0 Å². The predicted molar refractivity (Wildman–Crippen MR) is 52.7 cm³/mol. The lowest BCUT2D eigenvalue weighted by Crippen LogP contribution is -2.22. The van der Waals surface area contributed by atoms with E-state index in [4.69, 9.17) is 5.11 Å². The molecule has 1 aromatic rings. The van der Waals surface area contributed by atoms with Crippen LogP contribution in [0, 0.1) is 0 Å². The molecule has 0 radical (unpaired) electrons. The third kappa shape index (κ3) is 1.76. The van der Waals surface area contributed by atoms with Crippen molar-refractivity contribution in [2.75, 3.05) is 6.54 Å². The molecule has 1 saturated heterocycles. The maximum Gasteiger partial charge on any atom is 0.336 e. The highest BCUT2D eigenvalue weighted by atomic mass is 16.4. The molecule has 0 bridgehead atoms. The SMILES string of the molecule is O=C1NC[C@H](c2ccccc2C(=O)O)N1. The Morgan fingerprint density at radius 2 is 2.13 bits per heavy atom. The summed E-state index contributed by atoms with van der Waals surface area (Å²) in [6.07, 6.45) is 0. The van der Waals surface area contributed by atoms with Gasteiger partial charge in [0.05, 0.1) is 11.6 Å². The predicted octanol–water partition coefficient (Wildman–Crippen LogP) is 0.739. The van der Waals surface area contributed by atoms with Gasteiger partial charge in [-0.25, -0.2) is 9.59 Å². The Morgan fingerprint density at radius 1 is 1.40 bits per heavy atom. The summed E-state index contributed by atoms with van der Waals surface area (Å²) in [5.41, 5.74) is 0.856. The summed E-state index contributed by atoms with van der Waals surface area (Å²) < 4.78 is 0. The van der Waals surface area contributed by atoms with Crippen molar-refractivity contribution < 1.29 is 14.7 Å². The number of urea groups is 1. The molecule has 1 aromatic carbocycles. The van der Waals surface area contributed by atoms with Gasteiger partial charge in [-0.3, -0.25) is 0 Å². The highest BCUT2D eigenvalue weighted by Gasteiger charge is 2.25. The summed E-state index contributed by atoms with van der Waals surface area (Å²) in [5.74, 6) is -0.980. The third-order valence-corrected chi connectivity index (χ3v) is 2.34. The zero-order valence-corrected chi connectivity index (χ0v) is 7.86. The fourth-order valence-corrected chi connectivity index (χ4v) is 1.64. The molecule has 1 atom stereocenters. The van der Waals surface area contributed by atoms with Gasteiger partial charge in [-0.1, -0.05) is 18.2 Å². The first kappa shape index (κ1) is 9.51. The van der Waals surface area contributed by atoms with E-state index in [1.54, 1.807) is 18.2 Å². The second kappa shape index (κ2) is 3.61. The molecule has 5 nitrogen and oxygen atoms in total. The summed E-state index contributed by atoms with van der Waals surface area (Å²) in [7, 11) is 0. The number of hydrogen-bond donors (Lipinski definition) is 3. The lowest BCUT2D eigenvalue weighted by molar-refractivity contribution is 0.0695.